The van der Waals surface area contributed by atoms with E-state index in [-0.39, 0.29) is 6.10 Å². The third-order valence-corrected chi connectivity index (χ3v) is 2.64. The van der Waals surface area contributed by atoms with Crippen LogP contribution in [0.2, 0.25) is 0 Å². The van der Waals surface area contributed by atoms with Gasteiger partial charge in [-0.15, -0.1) is 0 Å². The molecule has 0 fully saturated rings. The van der Waals surface area contributed by atoms with E-state index < -0.39 is 0 Å². The molecule has 0 saturated carbocycles. The molecule has 68 valence electrons. The molecule has 0 aromatic heterocycles. The topological polar surface area (TPSA) is 9.23 Å². The maximum Gasteiger partial charge on any atom is 0.128 e. The first-order chi connectivity index (χ1) is 6.29. The zero-order chi connectivity index (χ0) is 9.26. The molecule has 1 aromatic carbocycles. The quantitative estimate of drug-likeness (QED) is 0.727. The lowest BCUT2D eigenvalue weighted by Gasteiger charge is -2.20. The van der Waals surface area contributed by atoms with E-state index in [9.17, 15) is 0 Å². The summed E-state index contributed by atoms with van der Waals surface area (Å²) in [6.45, 7) is 2.12. The summed E-state index contributed by atoms with van der Waals surface area (Å²) in [7, 11) is 0. The third kappa shape index (κ3) is 1.78. The molecule has 1 aromatic rings. The number of hydrogen-bond donors (Lipinski definition) is 0. The molecule has 0 N–H and O–H groups in total. The summed E-state index contributed by atoms with van der Waals surface area (Å²) in [5.74, 6) is 0.976. The van der Waals surface area contributed by atoms with Crippen LogP contribution in [0, 0.1) is 0 Å². The van der Waals surface area contributed by atoms with Gasteiger partial charge in [0.05, 0.1) is 0 Å². The van der Waals surface area contributed by atoms with Crippen molar-refractivity contribution in [1.29, 1.82) is 0 Å². The maximum atomic E-state index is 5.75. The summed E-state index contributed by atoms with van der Waals surface area (Å²) in [6, 6.07) is 6.10. The summed E-state index contributed by atoms with van der Waals surface area (Å²) >= 11 is 3.43. The Kier molecular flexibility index (Phi) is 2.40. The van der Waals surface area contributed by atoms with Crippen molar-refractivity contribution in [2.45, 2.75) is 19.4 Å². The first kappa shape index (κ1) is 8.82. The van der Waals surface area contributed by atoms with E-state index in [0.717, 1.165) is 22.2 Å². The van der Waals surface area contributed by atoms with Crippen LogP contribution >= 0.6 is 15.9 Å². The summed E-state index contributed by atoms with van der Waals surface area (Å²) in [5.41, 5.74) is 1.16. The second kappa shape index (κ2) is 3.54. The van der Waals surface area contributed by atoms with Gasteiger partial charge in [-0.1, -0.05) is 35.0 Å². The molecule has 0 bridgehead atoms. The van der Waals surface area contributed by atoms with Crippen LogP contribution in [-0.4, -0.2) is 6.10 Å². The van der Waals surface area contributed by atoms with Crippen molar-refractivity contribution in [3.8, 4) is 5.75 Å². The molecule has 0 saturated heterocycles. The summed E-state index contributed by atoms with van der Waals surface area (Å²) in [6.07, 6.45) is 5.49. The SMILES string of the molecule is CCC1C=Cc2ccc(Br)cc2O1. The van der Waals surface area contributed by atoms with Gasteiger partial charge in [0.1, 0.15) is 11.9 Å². The van der Waals surface area contributed by atoms with Crippen molar-refractivity contribution in [3.63, 3.8) is 0 Å². The van der Waals surface area contributed by atoms with Crippen LogP contribution in [0.15, 0.2) is 28.7 Å². The molecule has 2 heteroatoms. The number of fused-ring (bicyclic) bond motifs is 1. The Morgan fingerprint density at radius 3 is 3.08 bits per heavy atom. The second-order valence-electron chi connectivity index (χ2n) is 3.11. The zero-order valence-corrected chi connectivity index (χ0v) is 9.04. The van der Waals surface area contributed by atoms with Crippen molar-refractivity contribution in [1.82, 2.24) is 0 Å². The molecule has 0 amide bonds. The van der Waals surface area contributed by atoms with Gasteiger partial charge in [-0.25, -0.2) is 0 Å². The van der Waals surface area contributed by atoms with Crippen molar-refractivity contribution >= 4 is 22.0 Å². The highest BCUT2D eigenvalue weighted by molar-refractivity contribution is 9.10. The predicted octanol–water partition coefficient (Wildman–Crippen LogP) is 3.63. The van der Waals surface area contributed by atoms with Gasteiger partial charge in [0.25, 0.3) is 0 Å². The molecule has 1 heterocycles. The second-order valence-corrected chi connectivity index (χ2v) is 4.02. The van der Waals surface area contributed by atoms with Crippen LogP contribution in [0.4, 0.5) is 0 Å². The molecule has 1 atom stereocenters. The van der Waals surface area contributed by atoms with Gasteiger partial charge in [0.15, 0.2) is 0 Å². The summed E-state index contributed by atoms with van der Waals surface area (Å²) in [4.78, 5) is 0. The summed E-state index contributed by atoms with van der Waals surface area (Å²) < 4.78 is 6.81. The van der Waals surface area contributed by atoms with Crippen LogP contribution in [0.3, 0.4) is 0 Å². The van der Waals surface area contributed by atoms with E-state index in [1.807, 2.05) is 12.1 Å². The number of hydrogen-bond acceptors (Lipinski definition) is 1. The average molecular weight is 239 g/mol. The lowest BCUT2D eigenvalue weighted by atomic mass is 10.1. The zero-order valence-electron chi connectivity index (χ0n) is 7.46. The van der Waals surface area contributed by atoms with Gasteiger partial charge in [-0.2, -0.15) is 0 Å². The summed E-state index contributed by atoms with van der Waals surface area (Å²) in [5, 5.41) is 0. The maximum absolute atomic E-state index is 5.75. The Bertz CT molecular complexity index is 344. The number of halogens is 1. The Morgan fingerprint density at radius 2 is 2.31 bits per heavy atom. The van der Waals surface area contributed by atoms with E-state index >= 15 is 0 Å². The monoisotopic (exact) mass is 238 g/mol. The Morgan fingerprint density at radius 1 is 1.46 bits per heavy atom. The highest BCUT2D eigenvalue weighted by Gasteiger charge is 2.12. The van der Waals surface area contributed by atoms with Crippen LogP contribution in [0.25, 0.3) is 6.08 Å². The largest absolute Gasteiger partial charge is 0.486 e. The van der Waals surface area contributed by atoms with Gasteiger partial charge in [-0.3, -0.25) is 0 Å². The minimum absolute atomic E-state index is 0.238. The number of benzene rings is 1. The lowest BCUT2D eigenvalue weighted by Crippen LogP contribution is -2.15. The molecule has 1 aliphatic rings. The lowest BCUT2D eigenvalue weighted by molar-refractivity contribution is 0.241. The Labute approximate surface area is 86.5 Å². The molecule has 1 unspecified atom stereocenters. The van der Waals surface area contributed by atoms with Crippen molar-refractivity contribution in [3.05, 3.63) is 34.3 Å². The third-order valence-electron chi connectivity index (χ3n) is 2.15. The van der Waals surface area contributed by atoms with Crippen LogP contribution < -0.4 is 4.74 Å². The van der Waals surface area contributed by atoms with E-state index in [2.05, 4.69) is 41.1 Å². The first-order valence-electron chi connectivity index (χ1n) is 4.44. The van der Waals surface area contributed by atoms with Crippen LogP contribution in [0.5, 0.6) is 5.75 Å². The fourth-order valence-electron chi connectivity index (χ4n) is 1.38. The molecule has 1 aliphatic heterocycles. The highest BCUT2D eigenvalue weighted by Crippen LogP contribution is 2.29. The van der Waals surface area contributed by atoms with Crippen molar-refractivity contribution < 1.29 is 4.74 Å². The van der Waals surface area contributed by atoms with Gasteiger partial charge in [0, 0.05) is 10.0 Å². The van der Waals surface area contributed by atoms with Crippen LogP contribution in [-0.2, 0) is 0 Å². The van der Waals surface area contributed by atoms with Gasteiger partial charge in [-0.05, 0) is 24.6 Å². The van der Waals surface area contributed by atoms with E-state index in [1.165, 1.54) is 0 Å². The van der Waals surface area contributed by atoms with Gasteiger partial charge < -0.3 is 4.74 Å². The average Bonchev–Trinajstić information content (AvgIpc) is 2.16. The molecular weight excluding hydrogens is 228 g/mol. The standard InChI is InChI=1S/C11H11BrO/c1-2-10-6-4-8-3-5-9(12)7-11(8)13-10/h3-7,10H,2H2,1H3. The minimum atomic E-state index is 0.238. The molecular formula is C11H11BrO. The number of rotatable bonds is 1. The predicted molar refractivity (Wildman–Crippen MR) is 57.9 cm³/mol. The fourth-order valence-corrected chi connectivity index (χ4v) is 1.72. The first-order valence-corrected chi connectivity index (χ1v) is 5.23. The number of ether oxygens (including phenoxy) is 1. The van der Waals surface area contributed by atoms with Crippen molar-refractivity contribution in [2.24, 2.45) is 0 Å². The molecule has 0 radical (unpaired) electrons. The van der Waals surface area contributed by atoms with Gasteiger partial charge in [0.2, 0.25) is 0 Å². The van der Waals surface area contributed by atoms with E-state index in [1.54, 1.807) is 0 Å². The fraction of sp³-hybridized carbons (Fsp3) is 0.273. The Balaban J connectivity index is 2.36. The van der Waals surface area contributed by atoms with Crippen LogP contribution in [0.1, 0.15) is 18.9 Å². The normalized spacial score (nSPS) is 19.4. The molecule has 0 aliphatic carbocycles. The Hall–Kier alpha value is -0.760. The van der Waals surface area contributed by atoms with Gasteiger partial charge >= 0.3 is 0 Å². The molecule has 1 nitrogen and oxygen atoms in total. The van der Waals surface area contributed by atoms with Crippen molar-refractivity contribution in [2.75, 3.05) is 0 Å². The highest BCUT2D eigenvalue weighted by atomic mass is 79.9. The van der Waals surface area contributed by atoms with E-state index in [0.29, 0.717) is 0 Å². The molecule has 2 rings (SSSR count). The molecule has 13 heavy (non-hydrogen) atoms. The van der Waals surface area contributed by atoms with E-state index in [4.69, 9.17) is 4.74 Å². The smallest absolute Gasteiger partial charge is 0.128 e. The minimum Gasteiger partial charge on any atom is -0.486 e. The molecule has 0 spiro atoms.